The van der Waals surface area contributed by atoms with E-state index in [0.29, 0.717) is 23.0 Å². The first kappa shape index (κ1) is 26.4. The van der Waals surface area contributed by atoms with Crippen molar-refractivity contribution in [2.24, 2.45) is 0 Å². The van der Waals surface area contributed by atoms with Gasteiger partial charge in [0, 0.05) is 54.7 Å². The molecule has 4 aromatic rings. The van der Waals surface area contributed by atoms with E-state index in [-0.39, 0.29) is 18.0 Å². The van der Waals surface area contributed by atoms with Crippen LogP contribution in [0.15, 0.2) is 73.2 Å². The second-order valence-corrected chi connectivity index (χ2v) is 9.94. The summed E-state index contributed by atoms with van der Waals surface area (Å²) in [6.45, 7) is 6.85. The number of amides is 1. The molecule has 4 heterocycles. The van der Waals surface area contributed by atoms with E-state index in [1.54, 1.807) is 13.3 Å². The molecular weight excluding hydrogens is 508 g/mol. The molecule has 1 fully saturated rings. The van der Waals surface area contributed by atoms with Crippen molar-refractivity contribution < 1.29 is 9.53 Å². The van der Waals surface area contributed by atoms with Gasteiger partial charge in [0.05, 0.1) is 30.6 Å². The SMILES string of the molecule is CCC(=O)Nc1ccc(N2C(=S)N[C@@H](c3ccccn3)[C@@H]2c2cc(C)n(Cc3ccncc3)c2C)cc1OC. The van der Waals surface area contributed by atoms with Crippen LogP contribution < -0.4 is 20.3 Å². The fourth-order valence-corrected chi connectivity index (χ4v) is 5.51. The molecule has 5 rings (SSSR count). The Labute approximate surface area is 234 Å². The van der Waals surface area contributed by atoms with Gasteiger partial charge in [-0.05, 0) is 79.7 Å². The van der Waals surface area contributed by atoms with Crippen molar-refractivity contribution in [1.29, 1.82) is 0 Å². The minimum atomic E-state index is -0.168. The number of nitrogens with one attached hydrogen (secondary N) is 2. The normalized spacial score (nSPS) is 16.7. The van der Waals surface area contributed by atoms with E-state index in [1.807, 2.05) is 67.8 Å². The number of methoxy groups -OCH3 is 1. The zero-order chi connectivity index (χ0) is 27.5. The maximum atomic E-state index is 12.1. The summed E-state index contributed by atoms with van der Waals surface area (Å²) in [5.74, 6) is 0.495. The summed E-state index contributed by atoms with van der Waals surface area (Å²) in [5, 5.41) is 7.04. The largest absolute Gasteiger partial charge is 0.494 e. The van der Waals surface area contributed by atoms with Gasteiger partial charge >= 0.3 is 0 Å². The highest BCUT2D eigenvalue weighted by Crippen LogP contribution is 2.44. The maximum absolute atomic E-state index is 12.1. The monoisotopic (exact) mass is 540 g/mol. The topological polar surface area (TPSA) is 84.3 Å². The van der Waals surface area contributed by atoms with Crippen LogP contribution in [-0.4, -0.2) is 32.7 Å². The number of nitrogens with zero attached hydrogens (tertiary/aromatic N) is 4. The van der Waals surface area contributed by atoms with E-state index in [0.717, 1.165) is 34.9 Å². The molecule has 0 aliphatic carbocycles. The van der Waals surface area contributed by atoms with Crippen LogP contribution in [0, 0.1) is 13.8 Å². The van der Waals surface area contributed by atoms with Crippen molar-refractivity contribution in [1.82, 2.24) is 19.9 Å². The molecule has 0 bridgehead atoms. The molecule has 1 saturated heterocycles. The van der Waals surface area contributed by atoms with Crippen molar-refractivity contribution in [2.45, 2.75) is 45.8 Å². The average molecular weight is 541 g/mol. The molecule has 2 atom stereocenters. The number of anilines is 2. The number of thiocarbonyl (C=S) groups is 1. The van der Waals surface area contributed by atoms with E-state index in [2.05, 4.69) is 50.0 Å². The zero-order valence-electron chi connectivity index (χ0n) is 22.5. The van der Waals surface area contributed by atoms with Gasteiger partial charge in [-0.25, -0.2) is 0 Å². The highest BCUT2D eigenvalue weighted by Gasteiger charge is 2.42. The van der Waals surface area contributed by atoms with E-state index in [4.69, 9.17) is 17.0 Å². The summed E-state index contributed by atoms with van der Waals surface area (Å²) in [6.07, 6.45) is 5.83. The van der Waals surface area contributed by atoms with Gasteiger partial charge in [0.15, 0.2) is 5.11 Å². The number of carbonyl (C=O) groups excluding carboxylic acids is 1. The van der Waals surface area contributed by atoms with Crippen LogP contribution in [0.5, 0.6) is 5.75 Å². The summed E-state index contributed by atoms with van der Waals surface area (Å²) in [7, 11) is 1.60. The Morgan fingerprint density at radius 2 is 1.90 bits per heavy atom. The third-order valence-corrected chi connectivity index (χ3v) is 7.49. The number of ether oxygens (including phenoxy) is 1. The minimum absolute atomic E-state index is 0.0749. The molecule has 2 N–H and O–H groups in total. The number of hydrogen-bond acceptors (Lipinski definition) is 5. The van der Waals surface area contributed by atoms with Crippen molar-refractivity contribution in [3.05, 3.63) is 101 Å². The fourth-order valence-electron chi connectivity index (χ4n) is 5.16. The highest BCUT2D eigenvalue weighted by atomic mass is 32.1. The van der Waals surface area contributed by atoms with Gasteiger partial charge in [-0.2, -0.15) is 0 Å². The molecule has 0 spiro atoms. The van der Waals surface area contributed by atoms with Crippen molar-refractivity contribution in [3.63, 3.8) is 0 Å². The summed E-state index contributed by atoms with van der Waals surface area (Å²) in [5.41, 5.74) is 7.06. The number of aromatic nitrogens is 3. The van der Waals surface area contributed by atoms with Gasteiger partial charge < -0.3 is 24.8 Å². The molecule has 39 heavy (non-hydrogen) atoms. The standard InChI is InChI=1S/C30H32N6O2S/c1-5-27(37)33-24-10-9-22(17-26(24)38-4)36-29(28(34-30(36)39)25-8-6-7-13-32-25)23-16-19(2)35(20(23)3)18-21-11-14-31-15-12-21/h6-17,28-29H,5,18H2,1-4H3,(H,33,37)(H,34,39)/t28-,29-/m0/s1. The molecule has 1 aliphatic heterocycles. The number of rotatable bonds is 8. The molecule has 9 heteroatoms. The minimum Gasteiger partial charge on any atom is -0.494 e. The Balaban J connectivity index is 1.60. The molecule has 0 unspecified atom stereocenters. The summed E-state index contributed by atoms with van der Waals surface area (Å²) in [6, 6.07) is 17.7. The third-order valence-electron chi connectivity index (χ3n) is 7.18. The number of carbonyl (C=O) groups is 1. The van der Waals surface area contributed by atoms with Gasteiger partial charge in [-0.1, -0.05) is 13.0 Å². The Morgan fingerprint density at radius 3 is 2.59 bits per heavy atom. The summed E-state index contributed by atoms with van der Waals surface area (Å²) < 4.78 is 7.99. The maximum Gasteiger partial charge on any atom is 0.224 e. The lowest BCUT2D eigenvalue weighted by Crippen LogP contribution is -2.29. The van der Waals surface area contributed by atoms with Gasteiger partial charge in [0.2, 0.25) is 5.91 Å². The lowest BCUT2D eigenvalue weighted by molar-refractivity contribution is -0.115. The van der Waals surface area contributed by atoms with E-state index >= 15 is 0 Å². The quantitative estimate of drug-likeness (QED) is 0.287. The molecule has 1 aromatic carbocycles. The summed E-state index contributed by atoms with van der Waals surface area (Å²) >= 11 is 5.93. The van der Waals surface area contributed by atoms with Crippen LogP contribution in [0.4, 0.5) is 11.4 Å². The number of pyridine rings is 2. The van der Waals surface area contributed by atoms with Gasteiger partial charge in [-0.15, -0.1) is 0 Å². The zero-order valence-corrected chi connectivity index (χ0v) is 23.3. The lowest BCUT2D eigenvalue weighted by atomic mass is 9.96. The average Bonchev–Trinajstić information content (AvgIpc) is 3.45. The predicted octanol–water partition coefficient (Wildman–Crippen LogP) is 5.48. The number of hydrogen-bond donors (Lipinski definition) is 2. The van der Waals surface area contributed by atoms with Crippen LogP contribution in [0.25, 0.3) is 0 Å². The van der Waals surface area contributed by atoms with E-state index < -0.39 is 0 Å². The molecule has 1 aliphatic rings. The molecular formula is C30H32N6O2S. The number of benzene rings is 1. The first-order chi connectivity index (χ1) is 18.9. The second-order valence-electron chi connectivity index (χ2n) is 9.55. The number of aryl methyl sites for hydroxylation is 1. The Kier molecular flexibility index (Phi) is 7.60. The van der Waals surface area contributed by atoms with Crippen LogP contribution in [0.3, 0.4) is 0 Å². The van der Waals surface area contributed by atoms with Crippen LogP contribution >= 0.6 is 12.2 Å². The van der Waals surface area contributed by atoms with Crippen LogP contribution in [0.1, 0.15) is 53.6 Å². The van der Waals surface area contributed by atoms with Crippen molar-refractivity contribution in [2.75, 3.05) is 17.3 Å². The molecule has 0 radical (unpaired) electrons. The molecule has 200 valence electrons. The first-order valence-electron chi connectivity index (χ1n) is 12.9. The third kappa shape index (κ3) is 5.22. The van der Waals surface area contributed by atoms with Crippen LogP contribution in [0.2, 0.25) is 0 Å². The molecule has 1 amide bonds. The lowest BCUT2D eigenvalue weighted by Gasteiger charge is -2.29. The Bertz CT molecular complexity index is 1490. The molecule has 3 aromatic heterocycles. The Morgan fingerprint density at radius 1 is 1.10 bits per heavy atom. The van der Waals surface area contributed by atoms with Gasteiger partial charge in [-0.3, -0.25) is 14.8 Å². The highest BCUT2D eigenvalue weighted by molar-refractivity contribution is 7.80. The summed E-state index contributed by atoms with van der Waals surface area (Å²) in [4.78, 5) is 23.0. The first-order valence-corrected chi connectivity index (χ1v) is 13.4. The van der Waals surface area contributed by atoms with E-state index in [1.165, 1.54) is 5.56 Å². The smallest absolute Gasteiger partial charge is 0.224 e. The molecule has 0 saturated carbocycles. The second kappa shape index (κ2) is 11.2. The van der Waals surface area contributed by atoms with Crippen molar-refractivity contribution in [3.8, 4) is 5.75 Å². The van der Waals surface area contributed by atoms with E-state index in [9.17, 15) is 4.79 Å². The van der Waals surface area contributed by atoms with Crippen molar-refractivity contribution >= 4 is 34.6 Å². The van der Waals surface area contributed by atoms with Gasteiger partial charge in [0.25, 0.3) is 0 Å². The van der Waals surface area contributed by atoms with Gasteiger partial charge in [0.1, 0.15) is 5.75 Å². The molecule has 8 nitrogen and oxygen atoms in total. The fraction of sp³-hybridized carbons (Fsp3) is 0.267. The van der Waals surface area contributed by atoms with Crippen LogP contribution in [-0.2, 0) is 11.3 Å². The Hall–Kier alpha value is -4.24. The predicted molar refractivity (Wildman–Crippen MR) is 157 cm³/mol.